The van der Waals surface area contributed by atoms with Gasteiger partial charge >= 0.3 is 0 Å². The zero-order valence-electron chi connectivity index (χ0n) is 13.2. The summed E-state index contributed by atoms with van der Waals surface area (Å²) < 4.78 is 32.2. The van der Waals surface area contributed by atoms with Crippen LogP contribution in [0.3, 0.4) is 0 Å². The van der Waals surface area contributed by atoms with Gasteiger partial charge in [-0.2, -0.15) is 0 Å². The first-order chi connectivity index (χ1) is 11.0. The Hall–Kier alpha value is -1.48. The SMILES string of the molecule is CNC(=O)c1ccc(S(=O)(=O)NCCCN2CCOCC2)cc1. The van der Waals surface area contributed by atoms with E-state index in [4.69, 9.17) is 4.74 Å². The molecule has 0 unspecified atom stereocenters. The van der Waals surface area contributed by atoms with Crippen molar-refractivity contribution in [2.45, 2.75) is 11.3 Å². The minimum Gasteiger partial charge on any atom is -0.379 e. The molecule has 1 saturated heterocycles. The first-order valence-electron chi connectivity index (χ1n) is 7.65. The van der Waals surface area contributed by atoms with E-state index in [9.17, 15) is 13.2 Å². The smallest absolute Gasteiger partial charge is 0.251 e. The predicted molar refractivity (Wildman–Crippen MR) is 86.9 cm³/mol. The molecular weight excluding hydrogens is 318 g/mol. The quantitative estimate of drug-likeness (QED) is 0.684. The monoisotopic (exact) mass is 341 g/mol. The lowest BCUT2D eigenvalue weighted by Crippen LogP contribution is -2.38. The molecule has 0 bridgehead atoms. The Balaban J connectivity index is 1.82. The van der Waals surface area contributed by atoms with Gasteiger partial charge in [0, 0.05) is 32.2 Å². The van der Waals surface area contributed by atoms with Crippen molar-refractivity contribution < 1.29 is 17.9 Å². The van der Waals surface area contributed by atoms with Gasteiger partial charge in [0.05, 0.1) is 18.1 Å². The molecule has 0 saturated carbocycles. The van der Waals surface area contributed by atoms with Crippen molar-refractivity contribution in [1.29, 1.82) is 0 Å². The van der Waals surface area contributed by atoms with Crippen LogP contribution in [0.25, 0.3) is 0 Å². The number of ether oxygens (including phenoxy) is 1. The maximum absolute atomic E-state index is 12.2. The number of hydrogen-bond acceptors (Lipinski definition) is 5. The van der Waals surface area contributed by atoms with Crippen molar-refractivity contribution in [2.24, 2.45) is 0 Å². The molecule has 0 atom stereocenters. The Morgan fingerprint density at radius 2 is 1.87 bits per heavy atom. The second kappa shape index (κ2) is 8.39. The van der Waals surface area contributed by atoms with E-state index in [2.05, 4.69) is 14.9 Å². The minimum atomic E-state index is -3.54. The lowest BCUT2D eigenvalue weighted by molar-refractivity contribution is 0.0376. The van der Waals surface area contributed by atoms with Gasteiger partial charge in [0.25, 0.3) is 5.91 Å². The van der Waals surface area contributed by atoms with Gasteiger partial charge in [0.15, 0.2) is 0 Å². The number of amides is 1. The summed E-state index contributed by atoms with van der Waals surface area (Å²) in [6, 6.07) is 5.88. The Kier molecular flexibility index (Phi) is 6.52. The van der Waals surface area contributed by atoms with Crippen LogP contribution >= 0.6 is 0 Å². The first kappa shape index (κ1) is 17.9. The highest BCUT2D eigenvalue weighted by atomic mass is 32.2. The Labute approximate surface area is 137 Å². The lowest BCUT2D eigenvalue weighted by atomic mass is 10.2. The summed E-state index contributed by atoms with van der Waals surface area (Å²) in [6.07, 6.45) is 0.746. The minimum absolute atomic E-state index is 0.163. The van der Waals surface area contributed by atoms with Gasteiger partial charge in [0.1, 0.15) is 0 Å². The molecule has 1 amide bonds. The molecule has 1 fully saturated rings. The van der Waals surface area contributed by atoms with Gasteiger partial charge in [0.2, 0.25) is 10.0 Å². The molecule has 0 aromatic heterocycles. The van der Waals surface area contributed by atoms with Gasteiger partial charge in [-0.15, -0.1) is 0 Å². The number of rotatable bonds is 7. The summed E-state index contributed by atoms with van der Waals surface area (Å²) in [7, 11) is -2.01. The van der Waals surface area contributed by atoms with Crippen molar-refractivity contribution in [3.8, 4) is 0 Å². The van der Waals surface area contributed by atoms with Gasteiger partial charge in [-0.1, -0.05) is 0 Å². The van der Waals surface area contributed by atoms with Crippen molar-refractivity contribution in [2.75, 3.05) is 46.4 Å². The molecule has 128 valence electrons. The van der Waals surface area contributed by atoms with Crippen LogP contribution in [0.5, 0.6) is 0 Å². The number of morpholine rings is 1. The van der Waals surface area contributed by atoms with Crippen LogP contribution in [0.15, 0.2) is 29.2 Å². The third-order valence-electron chi connectivity index (χ3n) is 3.70. The molecule has 2 N–H and O–H groups in total. The van der Waals surface area contributed by atoms with Crippen molar-refractivity contribution in [3.63, 3.8) is 0 Å². The second-order valence-electron chi connectivity index (χ2n) is 5.31. The molecule has 1 aromatic carbocycles. The van der Waals surface area contributed by atoms with Crippen LogP contribution in [0.2, 0.25) is 0 Å². The standard InChI is InChI=1S/C15H23N3O4S/c1-16-15(19)13-3-5-14(6-4-13)23(20,21)17-7-2-8-18-9-11-22-12-10-18/h3-6,17H,2,7-12H2,1H3,(H,16,19). The third kappa shape index (κ3) is 5.28. The fourth-order valence-electron chi connectivity index (χ4n) is 2.35. The fraction of sp³-hybridized carbons (Fsp3) is 0.533. The molecule has 0 spiro atoms. The molecule has 0 radical (unpaired) electrons. The molecule has 1 aliphatic rings. The average Bonchev–Trinajstić information content (AvgIpc) is 2.59. The average molecular weight is 341 g/mol. The summed E-state index contributed by atoms with van der Waals surface area (Å²) in [5, 5.41) is 2.49. The highest BCUT2D eigenvalue weighted by molar-refractivity contribution is 7.89. The number of benzene rings is 1. The van der Waals surface area contributed by atoms with Crippen LogP contribution in [0.4, 0.5) is 0 Å². The van der Waals surface area contributed by atoms with Crippen LogP contribution in [-0.2, 0) is 14.8 Å². The molecule has 0 aliphatic carbocycles. The summed E-state index contributed by atoms with van der Waals surface area (Å²) in [4.78, 5) is 13.9. The molecule has 2 rings (SSSR count). The van der Waals surface area contributed by atoms with E-state index < -0.39 is 10.0 Å². The molecule has 7 nitrogen and oxygen atoms in total. The Bertz CT molecular complexity index is 610. The van der Waals surface area contributed by atoms with E-state index in [1.807, 2.05) is 0 Å². The molecule has 8 heteroatoms. The largest absolute Gasteiger partial charge is 0.379 e. The topological polar surface area (TPSA) is 87.7 Å². The van der Waals surface area contributed by atoms with Crippen LogP contribution < -0.4 is 10.0 Å². The highest BCUT2D eigenvalue weighted by Crippen LogP contribution is 2.10. The van der Waals surface area contributed by atoms with Crippen LogP contribution in [0, 0.1) is 0 Å². The number of hydrogen-bond donors (Lipinski definition) is 2. The number of sulfonamides is 1. The van der Waals surface area contributed by atoms with Gasteiger partial charge in [-0.05, 0) is 37.2 Å². The molecule has 1 aromatic rings. The zero-order valence-corrected chi connectivity index (χ0v) is 14.1. The third-order valence-corrected chi connectivity index (χ3v) is 5.18. The van der Waals surface area contributed by atoms with E-state index in [1.165, 1.54) is 31.3 Å². The fourth-order valence-corrected chi connectivity index (χ4v) is 3.42. The zero-order chi connectivity index (χ0) is 16.7. The Morgan fingerprint density at radius 3 is 2.48 bits per heavy atom. The lowest BCUT2D eigenvalue weighted by Gasteiger charge is -2.26. The summed E-state index contributed by atoms with van der Waals surface area (Å²) in [5.74, 6) is -0.243. The van der Waals surface area contributed by atoms with Crippen molar-refractivity contribution in [3.05, 3.63) is 29.8 Å². The van der Waals surface area contributed by atoms with Gasteiger partial charge in [-0.3, -0.25) is 9.69 Å². The van der Waals surface area contributed by atoms with E-state index in [0.717, 1.165) is 39.3 Å². The van der Waals surface area contributed by atoms with Crippen molar-refractivity contribution >= 4 is 15.9 Å². The maximum atomic E-state index is 12.2. The highest BCUT2D eigenvalue weighted by Gasteiger charge is 2.15. The van der Waals surface area contributed by atoms with E-state index in [-0.39, 0.29) is 10.8 Å². The predicted octanol–water partition coefficient (Wildman–Crippen LogP) is 0.0468. The number of carbonyl (C=O) groups is 1. The van der Waals surface area contributed by atoms with Crippen molar-refractivity contribution in [1.82, 2.24) is 14.9 Å². The van der Waals surface area contributed by atoms with Gasteiger partial charge in [-0.25, -0.2) is 13.1 Å². The molecule has 1 aliphatic heterocycles. The summed E-state index contributed by atoms with van der Waals surface area (Å²) >= 11 is 0. The second-order valence-corrected chi connectivity index (χ2v) is 7.08. The summed E-state index contributed by atoms with van der Waals surface area (Å²) in [5.41, 5.74) is 0.429. The number of carbonyl (C=O) groups excluding carboxylic acids is 1. The summed E-state index contributed by atoms with van der Waals surface area (Å²) in [6.45, 7) is 4.51. The molecule has 1 heterocycles. The maximum Gasteiger partial charge on any atom is 0.251 e. The molecular formula is C15H23N3O4S. The van der Waals surface area contributed by atoms with E-state index in [0.29, 0.717) is 12.1 Å². The Morgan fingerprint density at radius 1 is 1.22 bits per heavy atom. The van der Waals surface area contributed by atoms with Gasteiger partial charge < -0.3 is 10.1 Å². The number of nitrogens with zero attached hydrogens (tertiary/aromatic N) is 1. The van der Waals surface area contributed by atoms with Crippen LogP contribution in [0.1, 0.15) is 16.8 Å². The first-order valence-corrected chi connectivity index (χ1v) is 9.13. The normalized spacial score (nSPS) is 16.2. The number of nitrogens with one attached hydrogen (secondary N) is 2. The van der Waals surface area contributed by atoms with E-state index >= 15 is 0 Å². The van der Waals surface area contributed by atoms with Crippen LogP contribution in [-0.4, -0.2) is 65.7 Å². The van der Waals surface area contributed by atoms with E-state index in [1.54, 1.807) is 0 Å². The molecule has 23 heavy (non-hydrogen) atoms.